The summed E-state index contributed by atoms with van der Waals surface area (Å²) in [5.41, 5.74) is 5.02. The fourth-order valence-corrected chi connectivity index (χ4v) is 3.91. The van der Waals surface area contributed by atoms with Gasteiger partial charge in [0, 0.05) is 12.1 Å². The third kappa shape index (κ3) is 3.43. The number of aromatic amines is 1. The molecular weight excluding hydrogens is 326 g/mol. The number of phenolic OH excluding ortho intramolecular Hbond substituents is 1. The number of hydrogen-bond donors (Lipinski definition) is 3. The normalized spacial score (nSPS) is 16.4. The van der Waals surface area contributed by atoms with Crippen LogP contribution in [0.4, 0.5) is 0 Å². The molecule has 0 saturated carbocycles. The van der Waals surface area contributed by atoms with Gasteiger partial charge < -0.3 is 15.4 Å². The fraction of sp³-hybridized carbons (Fsp3) is 0.333. The first kappa shape index (κ1) is 16.6. The zero-order chi connectivity index (χ0) is 17.9. The van der Waals surface area contributed by atoms with E-state index in [0.717, 1.165) is 36.7 Å². The standard InChI is InChI=1S/C21H23N3O2/c25-17-8-6-15-4-1-3-14(18(15)12-17)5-2-10-22-21(26)16-7-9-19-20(11-16)24-13-23-19/h6-9,11-14,25H,1-5,10H2,(H,22,26)(H,23,24)/t14-/m1/s1. The molecule has 1 atom stereocenters. The lowest BCUT2D eigenvalue weighted by molar-refractivity contribution is 0.0953. The van der Waals surface area contributed by atoms with Crippen LogP contribution in [0.2, 0.25) is 0 Å². The number of fused-ring (bicyclic) bond motifs is 2. The van der Waals surface area contributed by atoms with Crippen LogP contribution in [-0.4, -0.2) is 27.5 Å². The van der Waals surface area contributed by atoms with E-state index in [1.54, 1.807) is 18.5 Å². The van der Waals surface area contributed by atoms with Crippen LogP contribution in [0, 0.1) is 0 Å². The van der Waals surface area contributed by atoms with E-state index in [9.17, 15) is 9.90 Å². The van der Waals surface area contributed by atoms with E-state index >= 15 is 0 Å². The Labute approximate surface area is 152 Å². The first-order chi connectivity index (χ1) is 12.7. The largest absolute Gasteiger partial charge is 0.508 e. The van der Waals surface area contributed by atoms with Crippen molar-refractivity contribution in [3.63, 3.8) is 0 Å². The number of imidazole rings is 1. The molecule has 0 fully saturated rings. The highest BCUT2D eigenvalue weighted by Crippen LogP contribution is 2.36. The molecule has 0 aliphatic heterocycles. The lowest BCUT2D eigenvalue weighted by Gasteiger charge is -2.25. The molecule has 1 heterocycles. The molecule has 1 aromatic heterocycles. The summed E-state index contributed by atoms with van der Waals surface area (Å²) >= 11 is 0. The summed E-state index contributed by atoms with van der Waals surface area (Å²) in [5, 5.41) is 12.8. The Morgan fingerprint density at radius 2 is 2.19 bits per heavy atom. The second kappa shape index (κ2) is 7.20. The third-order valence-electron chi connectivity index (χ3n) is 5.27. The molecule has 5 heteroatoms. The van der Waals surface area contributed by atoms with Crippen molar-refractivity contribution in [1.29, 1.82) is 0 Å². The lowest BCUT2D eigenvalue weighted by Crippen LogP contribution is -2.25. The van der Waals surface area contributed by atoms with Crippen molar-refractivity contribution in [1.82, 2.24) is 15.3 Å². The van der Waals surface area contributed by atoms with Gasteiger partial charge in [-0.05, 0) is 79.5 Å². The number of carbonyl (C=O) groups excluding carboxylic acids is 1. The molecule has 134 valence electrons. The van der Waals surface area contributed by atoms with Gasteiger partial charge in [-0.2, -0.15) is 0 Å². The number of nitrogens with one attached hydrogen (secondary N) is 2. The molecule has 0 unspecified atom stereocenters. The minimum Gasteiger partial charge on any atom is -0.508 e. The van der Waals surface area contributed by atoms with Gasteiger partial charge in [0.1, 0.15) is 5.75 Å². The monoisotopic (exact) mass is 349 g/mol. The summed E-state index contributed by atoms with van der Waals surface area (Å²) in [6.45, 7) is 0.657. The van der Waals surface area contributed by atoms with Crippen LogP contribution < -0.4 is 5.32 Å². The summed E-state index contributed by atoms with van der Waals surface area (Å²) in [6, 6.07) is 11.2. The minimum absolute atomic E-state index is 0.0526. The maximum Gasteiger partial charge on any atom is 0.251 e. The maximum atomic E-state index is 12.3. The van der Waals surface area contributed by atoms with Crippen molar-refractivity contribution >= 4 is 16.9 Å². The quantitative estimate of drug-likeness (QED) is 0.611. The second-order valence-electron chi connectivity index (χ2n) is 7.00. The van der Waals surface area contributed by atoms with Crippen molar-refractivity contribution in [3.05, 3.63) is 59.4 Å². The number of H-pyrrole nitrogens is 1. The molecule has 1 aliphatic carbocycles. The number of aromatic hydroxyl groups is 1. The summed E-state index contributed by atoms with van der Waals surface area (Å²) in [5.74, 6) is 0.769. The molecule has 3 N–H and O–H groups in total. The smallest absolute Gasteiger partial charge is 0.251 e. The Morgan fingerprint density at radius 3 is 3.12 bits per heavy atom. The zero-order valence-corrected chi connectivity index (χ0v) is 14.7. The number of benzene rings is 2. The Kier molecular flexibility index (Phi) is 4.61. The van der Waals surface area contributed by atoms with Crippen molar-refractivity contribution in [2.24, 2.45) is 0 Å². The first-order valence-electron chi connectivity index (χ1n) is 9.24. The van der Waals surface area contributed by atoms with Gasteiger partial charge in [-0.15, -0.1) is 0 Å². The summed E-state index contributed by atoms with van der Waals surface area (Å²) < 4.78 is 0. The molecule has 0 saturated heterocycles. The summed E-state index contributed by atoms with van der Waals surface area (Å²) in [6.07, 6.45) is 7.03. The predicted molar refractivity (Wildman–Crippen MR) is 101 cm³/mol. The minimum atomic E-state index is -0.0526. The molecule has 1 aliphatic rings. The van der Waals surface area contributed by atoms with Crippen LogP contribution in [-0.2, 0) is 6.42 Å². The SMILES string of the molecule is O=C(NCCC[C@H]1CCCc2ccc(O)cc21)c1ccc2nc[nH]c2c1. The van der Waals surface area contributed by atoms with E-state index in [-0.39, 0.29) is 5.91 Å². The molecule has 0 radical (unpaired) electrons. The highest BCUT2D eigenvalue weighted by Gasteiger charge is 2.20. The van der Waals surface area contributed by atoms with Crippen LogP contribution in [0.25, 0.3) is 11.0 Å². The Bertz CT molecular complexity index is 932. The van der Waals surface area contributed by atoms with Crippen molar-refractivity contribution in [3.8, 4) is 5.75 Å². The molecule has 4 rings (SSSR count). The van der Waals surface area contributed by atoms with Gasteiger partial charge in [-0.25, -0.2) is 4.98 Å². The van der Waals surface area contributed by atoms with Crippen molar-refractivity contribution < 1.29 is 9.90 Å². The van der Waals surface area contributed by atoms with E-state index in [2.05, 4.69) is 15.3 Å². The molecule has 1 amide bonds. The topological polar surface area (TPSA) is 78.0 Å². The van der Waals surface area contributed by atoms with E-state index in [1.165, 1.54) is 17.5 Å². The van der Waals surface area contributed by atoms with Gasteiger partial charge in [0.2, 0.25) is 0 Å². The number of nitrogens with zero attached hydrogens (tertiary/aromatic N) is 1. The fourth-order valence-electron chi connectivity index (χ4n) is 3.91. The molecule has 5 nitrogen and oxygen atoms in total. The van der Waals surface area contributed by atoms with Gasteiger partial charge >= 0.3 is 0 Å². The Hall–Kier alpha value is -2.82. The van der Waals surface area contributed by atoms with Crippen molar-refractivity contribution in [2.45, 2.75) is 38.0 Å². The highest BCUT2D eigenvalue weighted by molar-refractivity contribution is 5.97. The second-order valence-corrected chi connectivity index (χ2v) is 7.00. The Morgan fingerprint density at radius 1 is 1.27 bits per heavy atom. The van der Waals surface area contributed by atoms with Gasteiger partial charge in [-0.1, -0.05) is 6.07 Å². The number of aromatic nitrogens is 2. The summed E-state index contributed by atoms with van der Waals surface area (Å²) in [7, 11) is 0. The average Bonchev–Trinajstić information content (AvgIpc) is 3.13. The number of aryl methyl sites for hydroxylation is 1. The highest BCUT2D eigenvalue weighted by atomic mass is 16.3. The molecule has 0 spiro atoms. The van der Waals surface area contributed by atoms with Crippen LogP contribution in [0.3, 0.4) is 0 Å². The third-order valence-corrected chi connectivity index (χ3v) is 5.27. The van der Waals surface area contributed by atoms with Gasteiger partial charge in [0.25, 0.3) is 5.91 Å². The lowest BCUT2D eigenvalue weighted by atomic mass is 9.80. The molecule has 0 bridgehead atoms. The molecule has 2 aromatic carbocycles. The zero-order valence-electron chi connectivity index (χ0n) is 14.7. The van der Waals surface area contributed by atoms with Gasteiger partial charge in [0.15, 0.2) is 0 Å². The van der Waals surface area contributed by atoms with E-state index in [4.69, 9.17) is 0 Å². The molecular formula is C21H23N3O2. The Balaban J connectivity index is 1.31. The average molecular weight is 349 g/mol. The van der Waals surface area contributed by atoms with Gasteiger partial charge in [0.05, 0.1) is 17.4 Å². The number of hydrogen-bond acceptors (Lipinski definition) is 3. The number of rotatable bonds is 5. The van der Waals surface area contributed by atoms with E-state index in [0.29, 0.717) is 23.8 Å². The molecule has 26 heavy (non-hydrogen) atoms. The number of carbonyl (C=O) groups is 1. The van der Waals surface area contributed by atoms with Crippen molar-refractivity contribution in [2.75, 3.05) is 6.54 Å². The van der Waals surface area contributed by atoms with Crippen LogP contribution in [0.15, 0.2) is 42.7 Å². The van der Waals surface area contributed by atoms with Crippen LogP contribution in [0.1, 0.15) is 53.1 Å². The van der Waals surface area contributed by atoms with Crippen LogP contribution >= 0.6 is 0 Å². The number of phenols is 1. The summed E-state index contributed by atoms with van der Waals surface area (Å²) in [4.78, 5) is 19.5. The van der Waals surface area contributed by atoms with E-state index in [1.807, 2.05) is 24.3 Å². The number of amides is 1. The molecule has 3 aromatic rings. The van der Waals surface area contributed by atoms with Crippen LogP contribution in [0.5, 0.6) is 5.75 Å². The first-order valence-corrected chi connectivity index (χ1v) is 9.24. The predicted octanol–water partition coefficient (Wildman–Crippen LogP) is 3.90. The maximum absolute atomic E-state index is 12.3. The van der Waals surface area contributed by atoms with Gasteiger partial charge in [-0.3, -0.25) is 4.79 Å². The van der Waals surface area contributed by atoms with E-state index < -0.39 is 0 Å².